The van der Waals surface area contributed by atoms with Gasteiger partial charge in [0, 0.05) is 6.42 Å². The Labute approximate surface area is 180 Å². The normalized spacial score (nSPS) is 15.8. The van der Waals surface area contributed by atoms with Gasteiger partial charge in [-0.05, 0) is 18.3 Å². The summed E-state index contributed by atoms with van der Waals surface area (Å²) < 4.78 is 0. The van der Waals surface area contributed by atoms with Crippen molar-refractivity contribution in [1.82, 2.24) is 16.0 Å². The maximum absolute atomic E-state index is 12.8. The number of aliphatic hydroxyl groups is 1. The quantitative estimate of drug-likeness (QED) is 0.164. The summed E-state index contributed by atoms with van der Waals surface area (Å²) in [4.78, 5) is 59.6. The van der Waals surface area contributed by atoms with Gasteiger partial charge in [-0.15, -0.1) is 0 Å². The van der Waals surface area contributed by atoms with Crippen molar-refractivity contribution in [3.05, 3.63) is 0 Å². The maximum atomic E-state index is 12.8. The molecule has 0 bridgehead atoms. The summed E-state index contributed by atoms with van der Waals surface area (Å²) in [6, 6.07) is -4.82. The van der Waals surface area contributed by atoms with Crippen LogP contribution in [0.15, 0.2) is 0 Å². The lowest BCUT2D eigenvalue weighted by molar-refractivity contribution is -0.143. The van der Waals surface area contributed by atoms with Crippen LogP contribution in [0.2, 0.25) is 0 Å². The van der Waals surface area contributed by atoms with Gasteiger partial charge in [-0.25, -0.2) is 4.79 Å². The van der Waals surface area contributed by atoms with Gasteiger partial charge in [0.05, 0.1) is 6.61 Å². The summed E-state index contributed by atoms with van der Waals surface area (Å²) in [6.45, 7) is 6.18. The zero-order chi connectivity index (χ0) is 24.3. The van der Waals surface area contributed by atoms with Gasteiger partial charge in [0.2, 0.25) is 17.7 Å². The zero-order valence-corrected chi connectivity index (χ0v) is 18.3. The molecule has 8 N–H and O–H groups in total. The lowest BCUT2D eigenvalue weighted by Crippen LogP contribution is -2.60. The molecule has 5 unspecified atom stereocenters. The first kappa shape index (κ1) is 28.3. The van der Waals surface area contributed by atoms with Crippen molar-refractivity contribution in [2.75, 3.05) is 6.61 Å². The molecule has 0 aromatic carbocycles. The van der Waals surface area contributed by atoms with E-state index >= 15 is 0 Å². The first-order chi connectivity index (χ1) is 14.3. The highest BCUT2D eigenvalue weighted by Gasteiger charge is 2.33. The van der Waals surface area contributed by atoms with E-state index in [4.69, 9.17) is 15.9 Å². The SMILES string of the molecule is CCC(C)C(NC(=O)C(NC(=O)C(N)CO)C(C)C)C(=O)NC(CCC(=O)O)C(=O)O. The Morgan fingerprint density at radius 2 is 1.39 bits per heavy atom. The van der Waals surface area contributed by atoms with Gasteiger partial charge in [0.25, 0.3) is 0 Å². The molecule has 0 aliphatic rings. The van der Waals surface area contributed by atoms with Gasteiger partial charge in [0.15, 0.2) is 0 Å². The van der Waals surface area contributed by atoms with Crippen LogP contribution in [0.1, 0.15) is 47.0 Å². The third-order valence-corrected chi connectivity index (χ3v) is 4.84. The first-order valence-corrected chi connectivity index (χ1v) is 10.1. The van der Waals surface area contributed by atoms with Crippen LogP contribution in [0.25, 0.3) is 0 Å². The largest absolute Gasteiger partial charge is 0.481 e. The number of nitrogens with one attached hydrogen (secondary N) is 3. The third kappa shape index (κ3) is 9.75. The van der Waals surface area contributed by atoms with Gasteiger partial charge in [-0.1, -0.05) is 34.1 Å². The van der Waals surface area contributed by atoms with E-state index in [9.17, 15) is 29.1 Å². The van der Waals surface area contributed by atoms with E-state index in [1.165, 1.54) is 0 Å². The smallest absolute Gasteiger partial charge is 0.326 e. The second-order valence-electron chi connectivity index (χ2n) is 7.72. The molecule has 0 saturated carbocycles. The summed E-state index contributed by atoms with van der Waals surface area (Å²) >= 11 is 0. The van der Waals surface area contributed by atoms with E-state index in [2.05, 4.69) is 16.0 Å². The number of nitrogens with two attached hydrogens (primary N) is 1. The molecular weight excluding hydrogens is 412 g/mol. The van der Waals surface area contributed by atoms with Crippen molar-refractivity contribution in [3.8, 4) is 0 Å². The summed E-state index contributed by atoms with van der Waals surface area (Å²) in [6.07, 6.45) is -0.301. The average Bonchev–Trinajstić information content (AvgIpc) is 2.70. The van der Waals surface area contributed by atoms with Crippen LogP contribution < -0.4 is 21.7 Å². The molecule has 12 heteroatoms. The lowest BCUT2D eigenvalue weighted by Gasteiger charge is -2.29. The van der Waals surface area contributed by atoms with Gasteiger partial charge >= 0.3 is 11.9 Å². The topological polar surface area (TPSA) is 208 Å². The number of hydrogen-bond acceptors (Lipinski definition) is 7. The number of amides is 3. The summed E-state index contributed by atoms with van der Waals surface area (Å²) in [5.41, 5.74) is 5.46. The van der Waals surface area contributed by atoms with Crippen LogP contribution in [0, 0.1) is 11.8 Å². The van der Waals surface area contributed by atoms with E-state index < -0.39 is 66.9 Å². The highest BCUT2D eigenvalue weighted by molar-refractivity contribution is 5.94. The second-order valence-corrected chi connectivity index (χ2v) is 7.72. The molecule has 0 rings (SSSR count). The number of aliphatic carboxylic acids is 2. The molecule has 3 amide bonds. The monoisotopic (exact) mass is 446 g/mol. The molecule has 0 aromatic heterocycles. The molecule has 0 saturated heterocycles. The van der Waals surface area contributed by atoms with Crippen LogP contribution in [0.3, 0.4) is 0 Å². The molecule has 0 fully saturated rings. The van der Waals surface area contributed by atoms with Crippen LogP contribution in [-0.4, -0.2) is 75.8 Å². The number of rotatable bonds is 14. The predicted octanol–water partition coefficient (Wildman–Crippen LogP) is -1.59. The van der Waals surface area contributed by atoms with Crippen molar-refractivity contribution >= 4 is 29.7 Å². The Kier molecular flexibility index (Phi) is 12.4. The third-order valence-electron chi connectivity index (χ3n) is 4.84. The fourth-order valence-corrected chi connectivity index (χ4v) is 2.61. The van der Waals surface area contributed by atoms with E-state index in [1.54, 1.807) is 27.7 Å². The molecule has 0 radical (unpaired) electrons. The first-order valence-electron chi connectivity index (χ1n) is 10.1. The van der Waals surface area contributed by atoms with Crippen LogP contribution in [0.4, 0.5) is 0 Å². The van der Waals surface area contributed by atoms with E-state index in [0.717, 1.165) is 0 Å². The van der Waals surface area contributed by atoms with E-state index in [0.29, 0.717) is 6.42 Å². The maximum Gasteiger partial charge on any atom is 0.326 e. The number of carbonyl (C=O) groups excluding carboxylic acids is 3. The molecule has 0 heterocycles. The Morgan fingerprint density at radius 1 is 0.871 bits per heavy atom. The minimum Gasteiger partial charge on any atom is -0.481 e. The fourth-order valence-electron chi connectivity index (χ4n) is 2.61. The molecule has 5 atom stereocenters. The second kappa shape index (κ2) is 13.5. The molecule has 178 valence electrons. The van der Waals surface area contributed by atoms with E-state index in [1.807, 2.05) is 0 Å². The molecule has 0 aliphatic heterocycles. The Morgan fingerprint density at radius 3 is 1.81 bits per heavy atom. The average molecular weight is 447 g/mol. The van der Waals surface area contributed by atoms with Crippen molar-refractivity contribution < 1.29 is 39.3 Å². The molecule has 12 nitrogen and oxygen atoms in total. The van der Waals surface area contributed by atoms with Gasteiger partial charge in [0.1, 0.15) is 24.2 Å². The Hall–Kier alpha value is -2.73. The molecule has 0 aliphatic carbocycles. The van der Waals surface area contributed by atoms with E-state index in [-0.39, 0.29) is 18.3 Å². The van der Waals surface area contributed by atoms with Gasteiger partial charge in [-0.3, -0.25) is 19.2 Å². The predicted molar refractivity (Wildman–Crippen MR) is 110 cm³/mol. The lowest BCUT2D eigenvalue weighted by atomic mass is 9.96. The molecular formula is C19H34N4O8. The van der Waals surface area contributed by atoms with Crippen molar-refractivity contribution in [1.29, 1.82) is 0 Å². The molecule has 31 heavy (non-hydrogen) atoms. The standard InChI is InChI=1S/C19H34N4O8/c1-5-10(4)15(18(29)21-12(19(30)31)6-7-13(25)26)23-17(28)14(9(2)3)22-16(27)11(20)8-24/h9-12,14-15,24H,5-8,20H2,1-4H3,(H,21,29)(H,22,27)(H,23,28)(H,25,26)(H,30,31). The number of hydrogen-bond donors (Lipinski definition) is 7. The number of carboxylic acids is 2. The minimum absolute atomic E-state index is 0.318. The van der Waals surface area contributed by atoms with Crippen LogP contribution in [-0.2, 0) is 24.0 Å². The van der Waals surface area contributed by atoms with Crippen LogP contribution in [0.5, 0.6) is 0 Å². The highest BCUT2D eigenvalue weighted by Crippen LogP contribution is 2.11. The van der Waals surface area contributed by atoms with Gasteiger partial charge < -0.3 is 37.0 Å². The number of carbonyl (C=O) groups is 5. The minimum atomic E-state index is -1.43. The molecule has 0 spiro atoms. The highest BCUT2D eigenvalue weighted by atomic mass is 16.4. The summed E-state index contributed by atoms with van der Waals surface area (Å²) in [5, 5.41) is 34.3. The van der Waals surface area contributed by atoms with Crippen LogP contribution >= 0.6 is 0 Å². The van der Waals surface area contributed by atoms with Crippen molar-refractivity contribution in [3.63, 3.8) is 0 Å². The van der Waals surface area contributed by atoms with Gasteiger partial charge in [-0.2, -0.15) is 0 Å². The Balaban J connectivity index is 5.46. The molecule has 0 aromatic rings. The fraction of sp³-hybridized carbons (Fsp3) is 0.737. The number of aliphatic hydroxyl groups excluding tert-OH is 1. The summed E-state index contributed by atoms with van der Waals surface area (Å²) in [5.74, 6) is -5.55. The Bertz CT molecular complexity index is 655. The zero-order valence-electron chi connectivity index (χ0n) is 18.3. The number of carboxylic acid groups (broad SMARTS) is 2. The van der Waals surface area contributed by atoms with Crippen molar-refractivity contribution in [2.24, 2.45) is 17.6 Å². The van der Waals surface area contributed by atoms with Crippen molar-refractivity contribution in [2.45, 2.75) is 71.1 Å². The summed E-state index contributed by atoms with van der Waals surface area (Å²) in [7, 11) is 0.